The summed E-state index contributed by atoms with van der Waals surface area (Å²) in [5.41, 5.74) is 2.18. The first-order chi connectivity index (χ1) is 15.7. The van der Waals surface area contributed by atoms with Crippen LogP contribution in [0.1, 0.15) is 0 Å². The SMILES string of the molecule is N#CCN(C(=O)CSc1nnc(-c2ccccc2)n1-c1ccc(F)cc1)c1ccccc1. The number of anilines is 1. The van der Waals surface area contributed by atoms with Crippen LogP contribution in [0.2, 0.25) is 0 Å². The quantitative estimate of drug-likeness (QED) is 0.305. The van der Waals surface area contributed by atoms with Crippen LogP contribution in [0.25, 0.3) is 17.1 Å². The van der Waals surface area contributed by atoms with Crippen LogP contribution in [0.15, 0.2) is 90.1 Å². The van der Waals surface area contributed by atoms with E-state index in [4.69, 9.17) is 5.26 Å². The number of thioether (sulfide) groups is 1. The van der Waals surface area contributed by atoms with Gasteiger partial charge in [-0.05, 0) is 36.4 Å². The number of aromatic nitrogens is 3. The Kier molecular flexibility index (Phi) is 6.58. The summed E-state index contributed by atoms with van der Waals surface area (Å²) in [5, 5.41) is 18.3. The van der Waals surface area contributed by atoms with Crippen LogP contribution in [-0.2, 0) is 4.79 Å². The Morgan fingerprint density at radius 2 is 1.62 bits per heavy atom. The van der Waals surface area contributed by atoms with E-state index in [0.29, 0.717) is 22.4 Å². The van der Waals surface area contributed by atoms with Crippen molar-refractivity contribution < 1.29 is 9.18 Å². The molecule has 0 unspecified atom stereocenters. The minimum atomic E-state index is -0.345. The summed E-state index contributed by atoms with van der Waals surface area (Å²) in [6.45, 7) is -0.0523. The van der Waals surface area contributed by atoms with Gasteiger partial charge in [-0.15, -0.1) is 10.2 Å². The molecule has 0 N–H and O–H groups in total. The predicted molar refractivity (Wildman–Crippen MR) is 122 cm³/mol. The lowest BCUT2D eigenvalue weighted by Gasteiger charge is -2.19. The smallest absolute Gasteiger partial charge is 0.238 e. The van der Waals surface area contributed by atoms with Gasteiger partial charge in [0.15, 0.2) is 11.0 Å². The third-order valence-electron chi connectivity index (χ3n) is 4.67. The van der Waals surface area contributed by atoms with Crippen molar-refractivity contribution in [2.45, 2.75) is 5.16 Å². The van der Waals surface area contributed by atoms with Crippen molar-refractivity contribution in [1.29, 1.82) is 5.26 Å². The topological polar surface area (TPSA) is 74.8 Å². The Bertz CT molecular complexity index is 1240. The zero-order chi connectivity index (χ0) is 22.3. The van der Waals surface area contributed by atoms with E-state index in [1.165, 1.54) is 28.8 Å². The minimum absolute atomic E-state index is 0.0523. The lowest BCUT2D eigenvalue weighted by Crippen LogP contribution is -2.32. The molecule has 0 saturated carbocycles. The molecule has 0 saturated heterocycles. The van der Waals surface area contributed by atoms with Gasteiger partial charge in [0.05, 0.1) is 11.8 Å². The number of para-hydroxylation sites is 1. The molecule has 0 aliphatic carbocycles. The number of rotatable bonds is 7. The maximum atomic E-state index is 13.5. The molecule has 8 heteroatoms. The van der Waals surface area contributed by atoms with Crippen molar-refractivity contribution >= 4 is 23.4 Å². The zero-order valence-corrected chi connectivity index (χ0v) is 17.7. The fourth-order valence-electron chi connectivity index (χ4n) is 3.17. The number of hydrogen-bond donors (Lipinski definition) is 0. The fourth-order valence-corrected chi connectivity index (χ4v) is 3.99. The van der Waals surface area contributed by atoms with E-state index in [-0.39, 0.29) is 24.0 Å². The molecule has 0 radical (unpaired) electrons. The summed E-state index contributed by atoms with van der Waals surface area (Å²) in [6.07, 6.45) is 0. The number of carbonyl (C=O) groups is 1. The van der Waals surface area contributed by atoms with Crippen molar-refractivity contribution in [3.63, 3.8) is 0 Å². The second kappa shape index (κ2) is 9.90. The molecule has 32 heavy (non-hydrogen) atoms. The molecule has 158 valence electrons. The molecule has 6 nitrogen and oxygen atoms in total. The Morgan fingerprint density at radius 3 is 2.28 bits per heavy atom. The number of halogens is 1. The van der Waals surface area contributed by atoms with Crippen LogP contribution in [0.4, 0.5) is 10.1 Å². The highest BCUT2D eigenvalue weighted by molar-refractivity contribution is 7.99. The first kappa shape index (κ1) is 21.3. The van der Waals surface area contributed by atoms with E-state index in [1.54, 1.807) is 28.8 Å². The van der Waals surface area contributed by atoms with Gasteiger partial charge >= 0.3 is 0 Å². The van der Waals surface area contributed by atoms with E-state index in [0.717, 1.165) is 5.56 Å². The first-order valence-electron chi connectivity index (χ1n) is 9.79. The van der Waals surface area contributed by atoms with Gasteiger partial charge in [-0.3, -0.25) is 14.3 Å². The van der Waals surface area contributed by atoms with Gasteiger partial charge in [0, 0.05) is 16.9 Å². The van der Waals surface area contributed by atoms with Crippen LogP contribution in [0.3, 0.4) is 0 Å². The number of carbonyl (C=O) groups excluding carboxylic acids is 1. The van der Waals surface area contributed by atoms with Gasteiger partial charge in [-0.2, -0.15) is 5.26 Å². The third kappa shape index (κ3) is 4.68. The maximum absolute atomic E-state index is 13.5. The highest BCUT2D eigenvalue weighted by Crippen LogP contribution is 2.28. The highest BCUT2D eigenvalue weighted by atomic mass is 32.2. The molecular weight excluding hydrogens is 425 g/mol. The highest BCUT2D eigenvalue weighted by Gasteiger charge is 2.20. The van der Waals surface area contributed by atoms with Gasteiger partial charge < -0.3 is 0 Å². The molecule has 0 atom stereocenters. The van der Waals surface area contributed by atoms with Crippen molar-refractivity contribution in [2.75, 3.05) is 17.2 Å². The number of nitrogens with zero attached hydrogens (tertiary/aromatic N) is 5. The van der Waals surface area contributed by atoms with Crippen molar-refractivity contribution in [3.8, 4) is 23.1 Å². The first-order valence-corrected chi connectivity index (χ1v) is 10.8. The average Bonchev–Trinajstić information content (AvgIpc) is 3.26. The zero-order valence-electron chi connectivity index (χ0n) is 16.9. The van der Waals surface area contributed by atoms with Gasteiger partial charge in [0.25, 0.3) is 0 Å². The Labute approximate surface area is 188 Å². The Hall–Kier alpha value is -3.96. The maximum Gasteiger partial charge on any atom is 0.238 e. The molecule has 0 fully saturated rings. The van der Waals surface area contributed by atoms with Crippen molar-refractivity contribution in [2.24, 2.45) is 0 Å². The largest absolute Gasteiger partial charge is 0.298 e. The predicted octanol–water partition coefficient (Wildman–Crippen LogP) is 4.72. The van der Waals surface area contributed by atoms with Crippen LogP contribution in [-0.4, -0.2) is 33.0 Å². The molecule has 4 rings (SSSR count). The van der Waals surface area contributed by atoms with Crippen molar-refractivity contribution in [1.82, 2.24) is 14.8 Å². The summed E-state index contributed by atoms with van der Waals surface area (Å²) < 4.78 is 15.3. The number of nitriles is 1. The lowest BCUT2D eigenvalue weighted by atomic mass is 10.2. The van der Waals surface area contributed by atoms with E-state index < -0.39 is 0 Å². The third-order valence-corrected chi connectivity index (χ3v) is 5.59. The van der Waals surface area contributed by atoms with Crippen LogP contribution < -0.4 is 4.90 Å². The van der Waals surface area contributed by atoms with Crippen LogP contribution in [0, 0.1) is 17.1 Å². The molecule has 0 aliphatic rings. The van der Waals surface area contributed by atoms with Gasteiger partial charge in [-0.1, -0.05) is 60.3 Å². The molecule has 1 amide bonds. The second-order valence-electron chi connectivity index (χ2n) is 6.75. The second-order valence-corrected chi connectivity index (χ2v) is 7.69. The van der Waals surface area contributed by atoms with E-state index in [9.17, 15) is 9.18 Å². The number of benzene rings is 3. The Balaban J connectivity index is 1.64. The minimum Gasteiger partial charge on any atom is -0.298 e. The van der Waals surface area contributed by atoms with Gasteiger partial charge in [-0.25, -0.2) is 4.39 Å². The summed E-state index contributed by atoms with van der Waals surface area (Å²) in [6, 6.07) is 26.6. The molecule has 3 aromatic carbocycles. The Morgan fingerprint density at radius 1 is 0.969 bits per heavy atom. The monoisotopic (exact) mass is 443 g/mol. The molecule has 0 bridgehead atoms. The van der Waals surface area contributed by atoms with E-state index in [2.05, 4.69) is 10.2 Å². The molecule has 0 aliphatic heterocycles. The van der Waals surface area contributed by atoms with Crippen LogP contribution >= 0.6 is 11.8 Å². The van der Waals surface area contributed by atoms with Crippen molar-refractivity contribution in [3.05, 3.63) is 90.7 Å². The number of hydrogen-bond acceptors (Lipinski definition) is 5. The molecule has 1 heterocycles. The molecular formula is C24H18FN5OS. The molecule has 4 aromatic rings. The fraction of sp³-hybridized carbons (Fsp3) is 0.0833. The van der Waals surface area contributed by atoms with Gasteiger partial charge in [0.1, 0.15) is 12.4 Å². The van der Waals surface area contributed by atoms with E-state index in [1.807, 2.05) is 54.6 Å². The summed E-state index contributed by atoms with van der Waals surface area (Å²) in [7, 11) is 0. The summed E-state index contributed by atoms with van der Waals surface area (Å²) >= 11 is 1.21. The van der Waals surface area contributed by atoms with Crippen LogP contribution in [0.5, 0.6) is 0 Å². The van der Waals surface area contributed by atoms with E-state index >= 15 is 0 Å². The standard InChI is InChI=1S/C24H18FN5OS/c25-19-11-13-21(14-12-19)30-23(18-7-3-1-4-8-18)27-28-24(30)32-17-22(31)29(16-15-26)20-9-5-2-6-10-20/h1-14H,16-17H2. The molecule has 0 spiro atoms. The number of amides is 1. The summed E-state index contributed by atoms with van der Waals surface area (Å²) in [5.74, 6) is 0.0780. The lowest BCUT2D eigenvalue weighted by molar-refractivity contribution is -0.116. The summed E-state index contributed by atoms with van der Waals surface area (Å²) in [4.78, 5) is 14.4. The molecule has 1 aromatic heterocycles. The average molecular weight is 444 g/mol. The normalized spacial score (nSPS) is 10.5. The van der Waals surface area contributed by atoms with Gasteiger partial charge in [0.2, 0.25) is 5.91 Å².